The lowest BCUT2D eigenvalue weighted by Gasteiger charge is -1.97. The Labute approximate surface area is 98.9 Å². The third-order valence-electron chi connectivity index (χ3n) is 2.95. The van der Waals surface area contributed by atoms with E-state index in [1.165, 1.54) is 24.1 Å². The molecule has 2 nitrogen and oxygen atoms in total. The van der Waals surface area contributed by atoms with Crippen LogP contribution in [0.2, 0.25) is 0 Å². The monoisotopic (exact) mass is 230 g/mol. The van der Waals surface area contributed by atoms with Crippen molar-refractivity contribution in [2.45, 2.75) is 26.3 Å². The molecule has 3 heteroatoms. The summed E-state index contributed by atoms with van der Waals surface area (Å²) >= 11 is 1.75. The minimum absolute atomic E-state index is 1.05. The summed E-state index contributed by atoms with van der Waals surface area (Å²) in [6.07, 6.45) is 2.47. The van der Waals surface area contributed by atoms with E-state index in [9.17, 15) is 0 Å². The maximum absolute atomic E-state index is 4.70. The molecule has 1 aromatic heterocycles. The number of nitrogens with zero attached hydrogens (tertiary/aromatic N) is 2. The van der Waals surface area contributed by atoms with E-state index < -0.39 is 0 Å². The predicted octanol–water partition coefficient (Wildman–Crippen LogP) is 3.04. The van der Waals surface area contributed by atoms with Gasteiger partial charge in [-0.3, -0.25) is 0 Å². The highest BCUT2D eigenvalue weighted by Crippen LogP contribution is 2.16. The van der Waals surface area contributed by atoms with Crippen LogP contribution in [0.15, 0.2) is 34.6 Å². The van der Waals surface area contributed by atoms with Crippen LogP contribution in [0.4, 0.5) is 5.69 Å². The van der Waals surface area contributed by atoms with Crippen molar-refractivity contribution in [2.24, 2.45) is 4.99 Å². The third-order valence-corrected chi connectivity index (χ3v) is 3.86. The van der Waals surface area contributed by atoms with Crippen LogP contribution in [0.3, 0.4) is 0 Å². The summed E-state index contributed by atoms with van der Waals surface area (Å²) in [4.78, 5) is 5.83. The molecule has 1 aliphatic heterocycles. The molecule has 16 heavy (non-hydrogen) atoms. The van der Waals surface area contributed by atoms with Crippen molar-refractivity contribution < 1.29 is 0 Å². The highest BCUT2D eigenvalue weighted by atomic mass is 32.1. The van der Waals surface area contributed by atoms with E-state index >= 15 is 0 Å². The Morgan fingerprint density at radius 1 is 1.25 bits per heavy atom. The Hall–Kier alpha value is -1.35. The summed E-state index contributed by atoms with van der Waals surface area (Å²) in [5.74, 6) is 0. The first kappa shape index (κ1) is 9.85. The molecule has 1 aliphatic rings. The van der Waals surface area contributed by atoms with Gasteiger partial charge in [0.1, 0.15) is 0 Å². The maximum atomic E-state index is 4.70. The molecule has 0 N–H and O–H groups in total. The molecule has 0 bridgehead atoms. The summed E-state index contributed by atoms with van der Waals surface area (Å²) in [5, 5.41) is 2.24. The van der Waals surface area contributed by atoms with E-state index in [1.807, 2.05) is 0 Å². The first-order chi connectivity index (χ1) is 7.83. The maximum Gasteiger partial charge on any atom is 0.190 e. The molecular formula is C13H14N2S. The van der Waals surface area contributed by atoms with Gasteiger partial charge >= 0.3 is 0 Å². The van der Waals surface area contributed by atoms with Gasteiger partial charge in [-0.15, -0.1) is 11.3 Å². The standard InChI is InChI=1S/C13H14N2S/c1-10-4-6-11(7-5-10)14-13-15-8-2-3-12(15)9-16-13/h4-7,9H,2-3,8H2,1H3. The normalized spacial score (nSPS) is 15.4. The van der Waals surface area contributed by atoms with Crippen molar-refractivity contribution in [2.75, 3.05) is 0 Å². The molecule has 0 saturated heterocycles. The van der Waals surface area contributed by atoms with Crippen LogP contribution in [-0.4, -0.2) is 4.57 Å². The van der Waals surface area contributed by atoms with E-state index in [-0.39, 0.29) is 0 Å². The number of benzene rings is 1. The second kappa shape index (κ2) is 3.91. The number of thiazole rings is 1. The van der Waals surface area contributed by atoms with Gasteiger partial charge in [0.15, 0.2) is 4.80 Å². The average Bonchev–Trinajstić information content (AvgIpc) is 2.86. The fraction of sp³-hybridized carbons (Fsp3) is 0.308. The molecule has 0 saturated carbocycles. The van der Waals surface area contributed by atoms with Gasteiger partial charge in [0.05, 0.1) is 5.69 Å². The minimum Gasteiger partial charge on any atom is -0.321 e. The molecule has 1 aromatic carbocycles. The van der Waals surface area contributed by atoms with Crippen LogP contribution in [0.25, 0.3) is 0 Å². The first-order valence-corrected chi connectivity index (χ1v) is 6.49. The molecular weight excluding hydrogens is 216 g/mol. The number of hydrogen-bond donors (Lipinski definition) is 0. The van der Waals surface area contributed by atoms with Crippen LogP contribution in [0.1, 0.15) is 17.7 Å². The number of rotatable bonds is 1. The van der Waals surface area contributed by atoms with E-state index in [2.05, 4.69) is 41.1 Å². The molecule has 0 amide bonds. The zero-order valence-corrected chi connectivity index (χ0v) is 10.1. The van der Waals surface area contributed by atoms with E-state index in [0.29, 0.717) is 0 Å². The molecule has 2 heterocycles. The minimum atomic E-state index is 1.05. The van der Waals surface area contributed by atoms with Crippen molar-refractivity contribution >= 4 is 17.0 Å². The number of aromatic nitrogens is 1. The molecule has 3 rings (SSSR count). The summed E-state index contributed by atoms with van der Waals surface area (Å²) in [5.41, 5.74) is 3.77. The summed E-state index contributed by atoms with van der Waals surface area (Å²) in [6.45, 7) is 3.23. The van der Waals surface area contributed by atoms with Crippen molar-refractivity contribution in [1.82, 2.24) is 4.57 Å². The van der Waals surface area contributed by atoms with Crippen LogP contribution >= 0.6 is 11.3 Å². The summed E-state index contributed by atoms with van der Waals surface area (Å²) in [7, 11) is 0. The van der Waals surface area contributed by atoms with Crippen LogP contribution < -0.4 is 4.80 Å². The van der Waals surface area contributed by atoms with Gasteiger partial charge in [0.25, 0.3) is 0 Å². The molecule has 0 spiro atoms. The highest BCUT2D eigenvalue weighted by Gasteiger charge is 2.11. The van der Waals surface area contributed by atoms with Gasteiger partial charge in [-0.25, -0.2) is 4.99 Å². The molecule has 0 unspecified atom stereocenters. The van der Waals surface area contributed by atoms with Crippen molar-refractivity contribution in [3.8, 4) is 0 Å². The van der Waals surface area contributed by atoms with Crippen molar-refractivity contribution in [3.05, 3.63) is 45.7 Å². The third kappa shape index (κ3) is 1.71. The first-order valence-electron chi connectivity index (χ1n) is 5.61. The fourth-order valence-corrected chi connectivity index (χ4v) is 3.02. The lowest BCUT2D eigenvalue weighted by Crippen LogP contribution is -2.11. The van der Waals surface area contributed by atoms with Gasteiger partial charge in [-0.1, -0.05) is 17.7 Å². The topological polar surface area (TPSA) is 17.3 Å². The fourth-order valence-electron chi connectivity index (χ4n) is 2.04. The van der Waals surface area contributed by atoms with Gasteiger partial charge < -0.3 is 4.57 Å². The Morgan fingerprint density at radius 3 is 2.88 bits per heavy atom. The highest BCUT2D eigenvalue weighted by molar-refractivity contribution is 7.07. The van der Waals surface area contributed by atoms with Crippen LogP contribution in [0, 0.1) is 6.92 Å². The van der Waals surface area contributed by atoms with Gasteiger partial charge in [0, 0.05) is 17.6 Å². The smallest absolute Gasteiger partial charge is 0.190 e. The quantitative estimate of drug-likeness (QED) is 0.716. The van der Waals surface area contributed by atoms with E-state index in [4.69, 9.17) is 4.99 Å². The molecule has 0 radical (unpaired) electrons. The van der Waals surface area contributed by atoms with E-state index in [1.54, 1.807) is 11.3 Å². The Kier molecular flexibility index (Phi) is 2.40. The molecule has 82 valence electrons. The van der Waals surface area contributed by atoms with Gasteiger partial charge in [-0.05, 0) is 31.9 Å². The van der Waals surface area contributed by atoms with Gasteiger partial charge in [-0.2, -0.15) is 0 Å². The Bertz CT molecular complexity index is 560. The van der Waals surface area contributed by atoms with Gasteiger partial charge in [0.2, 0.25) is 0 Å². The second-order valence-corrected chi connectivity index (χ2v) is 5.05. The lowest BCUT2D eigenvalue weighted by atomic mass is 10.2. The zero-order valence-electron chi connectivity index (χ0n) is 9.31. The van der Waals surface area contributed by atoms with Crippen molar-refractivity contribution in [3.63, 3.8) is 0 Å². The van der Waals surface area contributed by atoms with Crippen LogP contribution in [0.5, 0.6) is 0 Å². The number of hydrogen-bond acceptors (Lipinski definition) is 2. The number of aryl methyl sites for hydroxylation is 2. The molecule has 0 fully saturated rings. The lowest BCUT2D eigenvalue weighted by molar-refractivity contribution is 0.726. The SMILES string of the molecule is Cc1ccc(N=c2scc3n2CCC3)cc1. The van der Waals surface area contributed by atoms with Crippen LogP contribution in [-0.2, 0) is 13.0 Å². The second-order valence-electron chi connectivity index (χ2n) is 4.21. The largest absolute Gasteiger partial charge is 0.321 e. The Morgan fingerprint density at radius 2 is 2.06 bits per heavy atom. The van der Waals surface area contributed by atoms with Crippen molar-refractivity contribution in [1.29, 1.82) is 0 Å². The summed E-state index contributed by atoms with van der Waals surface area (Å²) < 4.78 is 2.34. The molecule has 0 atom stereocenters. The summed E-state index contributed by atoms with van der Waals surface area (Å²) in [6, 6.07) is 8.38. The number of fused-ring (bicyclic) bond motifs is 1. The zero-order chi connectivity index (χ0) is 11.0. The predicted molar refractivity (Wildman–Crippen MR) is 67.0 cm³/mol. The average molecular weight is 230 g/mol. The van der Waals surface area contributed by atoms with E-state index in [0.717, 1.165) is 17.0 Å². The molecule has 2 aromatic rings. The Balaban J connectivity index is 2.05. The molecule has 0 aliphatic carbocycles.